The van der Waals surface area contributed by atoms with E-state index in [1.807, 2.05) is 6.08 Å². The molecule has 1 amide bonds. The highest BCUT2D eigenvalue weighted by atomic mass is 16.5. The fourth-order valence-corrected chi connectivity index (χ4v) is 7.95. The maximum atomic E-state index is 13.2. The SMILES string of the molecule is CCCCCC/C=C\CCCCCCCC(CC(=O)NC(CO)C(O)CCCCCCCCCCCCCCCCC)OC(=O)CC/C=C/C/C=C\CCCCCCCC. The van der Waals surface area contributed by atoms with E-state index in [-0.39, 0.29) is 24.9 Å². The van der Waals surface area contributed by atoms with Crippen LogP contribution in [-0.2, 0) is 14.3 Å². The molecule has 0 saturated carbocycles. The van der Waals surface area contributed by atoms with E-state index in [0.29, 0.717) is 25.7 Å². The summed E-state index contributed by atoms with van der Waals surface area (Å²) in [6.45, 7) is 6.46. The molecule has 0 saturated heterocycles. The molecule has 3 atom stereocenters. The highest BCUT2D eigenvalue weighted by Crippen LogP contribution is 2.17. The Morgan fingerprint density at radius 1 is 0.483 bits per heavy atom. The first-order valence-electron chi connectivity index (χ1n) is 26.2. The van der Waals surface area contributed by atoms with Crippen LogP contribution < -0.4 is 5.32 Å². The Kier molecular flexibility index (Phi) is 46.6. The topological polar surface area (TPSA) is 95.9 Å². The molecule has 0 aliphatic heterocycles. The predicted molar refractivity (Wildman–Crippen MR) is 259 cm³/mol. The van der Waals surface area contributed by atoms with E-state index in [2.05, 4.69) is 56.5 Å². The molecule has 6 heteroatoms. The summed E-state index contributed by atoms with van der Waals surface area (Å²) >= 11 is 0. The van der Waals surface area contributed by atoms with Gasteiger partial charge in [-0.1, -0.05) is 224 Å². The van der Waals surface area contributed by atoms with Gasteiger partial charge in [0.2, 0.25) is 5.91 Å². The number of allylic oxidation sites excluding steroid dienone is 6. The Labute approximate surface area is 373 Å². The monoisotopic (exact) mass is 844 g/mol. The van der Waals surface area contributed by atoms with Crippen molar-refractivity contribution in [3.63, 3.8) is 0 Å². The Morgan fingerprint density at radius 3 is 1.30 bits per heavy atom. The number of aliphatic hydroxyl groups excluding tert-OH is 2. The molecular weight excluding hydrogens is 743 g/mol. The second-order valence-electron chi connectivity index (χ2n) is 17.9. The van der Waals surface area contributed by atoms with Crippen molar-refractivity contribution in [3.8, 4) is 0 Å². The maximum absolute atomic E-state index is 13.2. The van der Waals surface area contributed by atoms with E-state index in [1.165, 1.54) is 161 Å². The molecule has 0 fully saturated rings. The van der Waals surface area contributed by atoms with Crippen molar-refractivity contribution in [2.75, 3.05) is 6.61 Å². The van der Waals surface area contributed by atoms with E-state index in [1.54, 1.807) is 0 Å². The summed E-state index contributed by atoms with van der Waals surface area (Å²) in [7, 11) is 0. The van der Waals surface area contributed by atoms with E-state index in [9.17, 15) is 19.8 Å². The zero-order valence-corrected chi connectivity index (χ0v) is 40.1. The van der Waals surface area contributed by atoms with Gasteiger partial charge in [-0.3, -0.25) is 9.59 Å². The van der Waals surface area contributed by atoms with Crippen LogP contribution in [0.1, 0.15) is 271 Å². The van der Waals surface area contributed by atoms with E-state index < -0.39 is 18.2 Å². The van der Waals surface area contributed by atoms with Gasteiger partial charge in [0, 0.05) is 6.42 Å². The number of carbonyl (C=O) groups excluding carboxylic acids is 2. The van der Waals surface area contributed by atoms with Gasteiger partial charge in [0.25, 0.3) is 0 Å². The van der Waals surface area contributed by atoms with Crippen molar-refractivity contribution in [1.29, 1.82) is 0 Å². The molecule has 0 bridgehead atoms. The lowest BCUT2D eigenvalue weighted by Crippen LogP contribution is -2.46. The normalized spacial score (nSPS) is 13.5. The molecule has 0 heterocycles. The Morgan fingerprint density at radius 2 is 0.850 bits per heavy atom. The van der Waals surface area contributed by atoms with Crippen LogP contribution >= 0.6 is 0 Å². The second-order valence-corrected chi connectivity index (χ2v) is 17.9. The van der Waals surface area contributed by atoms with Crippen LogP contribution in [0.4, 0.5) is 0 Å². The molecule has 0 spiro atoms. The van der Waals surface area contributed by atoms with Crippen LogP contribution in [0.15, 0.2) is 36.5 Å². The van der Waals surface area contributed by atoms with Crippen LogP contribution in [0, 0.1) is 0 Å². The van der Waals surface area contributed by atoms with Gasteiger partial charge in [-0.2, -0.15) is 0 Å². The highest BCUT2D eigenvalue weighted by Gasteiger charge is 2.24. The van der Waals surface area contributed by atoms with Gasteiger partial charge in [0.15, 0.2) is 0 Å². The second kappa shape index (κ2) is 48.1. The Hall–Kier alpha value is -1.92. The minimum Gasteiger partial charge on any atom is -0.462 e. The summed E-state index contributed by atoms with van der Waals surface area (Å²) in [5, 5.41) is 23.8. The quantitative estimate of drug-likeness (QED) is 0.0322. The maximum Gasteiger partial charge on any atom is 0.306 e. The van der Waals surface area contributed by atoms with Gasteiger partial charge in [-0.25, -0.2) is 0 Å². The molecule has 0 aromatic heterocycles. The number of aliphatic hydroxyl groups is 2. The number of rotatable bonds is 47. The first-order chi connectivity index (χ1) is 29.5. The molecule has 0 aromatic rings. The molecule has 60 heavy (non-hydrogen) atoms. The van der Waals surface area contributed by atoms with Crippen LogP contribution in [-0.4, -0.2) is 46.9 Å². The highest BCUT2D eigenvalue weighted by molar-refractivity contribution is 5.77. The lowest BCUT2D eigenvalue weighted by molar-refractivity contribution is -0.150. The summed E-state index contributed by atoms with van der Waals surface area (Å²) in [4.78, 5) is 26.1. The molecule has 352 valence electrons. The average Bonchev–Trinajstić information content (AvgIpc) is 3.24. The third kappa shape index (κ3) is 42.8. The predicted octanol–water partition coefficient (Wildman–Crippen LogP) is 15.7. The van der Waals surface area contributed by atoms with E-state index >= 15 is 0 Å². The lowest BCUT2D eigenvalue weighted by Gasteiger charge is -2.24. The number of unbranched alkanes of at least 4 members (excludes halogenated alkanes) is 29. The number of hydrogen-bond donors (Lipinski definition) is 3. The van der Waals surface area contributed by atoms with E-state index in [4.69, 9.17) is 4.74 Å². The number of ether oxygens (including phenoxy) is 1. The van der Waals surface area contributed by atoms with Crippen LogP contribution in [0.5, 0.6) is 0 Å². The summed E-state index contributed by atoms with van der Waals surface area (Å²) in [6.07, 6.45) is 56.4. The zero-order chi connectivity index (χ0) is 43.8. The largest absolute Gasteiger partial charge is 0.462 e. The van der Waals surface area contributed by atoms with Gasteiger partial charge in [0.1, 0.15) is 6.10 Å². The third-order valence-electron chi connectivity index (χ3n) is 12.0. The number of amides is 1. The first kappa shape index (κ1) is 58.1. The number of carbonyl (C=O) groups is 2. The molecule has 0 aliphatic rings. The van der Waals surface area contributed by atoms with Gasteiger partial charge in [0.05, 0.1) is 25.2 Å². The van der Waals surface area contributed by atoms with Crippen molar-refractivity contribution in [1.82, 2.24) is 5.32 Å². The summed E-state index contributed by atoms with van der Waals surface area (Å²) < 4.78 is 5.89. The molecule has 3 unspecified atom stereocenters. The fourth-order valence-electron chi connectivity index (χ4n) is 7.95. The van der Waals surface area contributed by atoms with Gasteiger partial charge in [-0.05, 0) is 70.6 Å². The van der Waals surface area contributed by atoms with Crippen LogP contribution in [0.25, 0.3) is 0 Å². The van der Waals surface area contributed by atoms with Crippen molar-refractivity contribution in [2.24, 2.45) is 0 Å². The fraction of sp³-hybridized carbons (Fsp3) is 0.852. The summed E-state index contributed by atoms with van der Waals surface area (Å²) in [6, 6.07) is -0.712. The van der Waals surface area contributed by atoms with Crippen molar-refractivity contribution in [3.05, 3.63) is 36.5 Å². The smallest absolute Gasteiger partial charge is 0.306 e. The van der Waals surface area contributed by atoms with Crippen molar-refractivity contribution < 1.29 is 24.5 Å². The number of hydrogen-bond acceptors (Lipinski definition) is 5. The summed E-state index contributed by atoms with van der Waals surface area (Å²) in [5.74, 6) is -0.555. The van der Waals surface area contributed by atoms with Crippen LogP contribution in [0.3, 0.4) is 0 Å². The molecule has 0 rings (SSSR count). The first-order valence-corrected chi connectivity index (χ1v) is 26.2. The number of esters is 1. The van der Waals surface area contributed by atoms with Gasteiger partial charge < -0.3 is 20.3 Å². The van der Waals surface area contributed by atoms with Crippen molar-refractivity contribution in [2.45, 2.75) is 289 Å². The molecule has 6 nitrogen and oxygen atoms in total. The molecule has 0 aromatic carbocycles. The third-order valence-corrected chi connectivity index (χ3v) is 12.0. The molecule has 0 aliphatic carbocycles. The zero-order valence-electron chi connectivity index (χ0n) is 40.1. The summed E-state index contributed by atoms with van der Waals surface area (Å²) in [5.41, 5.74) is 0. The lowest BCUT2D eigenvalue weighted by atomic mass is 10.0. The van der Waals surface area contributed by atoms with E-state index in [0.717, 1.165) is 57.8 Å². The minimum atomic E-state index is -0.796. The standard InChI is InChI=1S/C54H101NO5/c1-4-7-10-13-16-19-22-25-26-29-31-34-37-40-43-46-52(57)51(49-56)55-53(58)48-50(45-42-39-36-33-30-27-23-20-17-14-11-8-5-2)60-54(59)47-44-41-38-35-32-28-24-21-18-15-12-9-6-3/h20,23,28,32,38,41,50-52,56-57H,4-19,21-22,24-27,29-31,33-37,39-40,42-49H2,1-3H3,(H,55,58)/b23-20-,32-28-,41-38+. The van der Waals surface area contributed by atoms with Gasteiger partial charge >= 0.3 is 5.97 Å². The number of nitrogens with one attached hydrogen (secondary N) is 1. The van der Waals surface area contributed by atoms with Crippen molar-refractivity contribution >= 4 is 11.9 Å². The Bertz CT molecular complexity index is 993. The minimum absolute atomic E-state index is 0.0518. The molecule has 3 N–H and O–H groups in total. The van der Waals surface area contributed by atoms with Crippen LogP contribution in [0.2, 0.25) is 0 Å². The molecular formula is C54H101NO5. The Balaban J connectivity index is 4.60. The van der Waals surface area contributed by atoms with Gasteiger partial charge in [-0.15, -0.1) is 0 Å². The molecule has 0 radical (unpaired) electrons. The average molecular weight is 844 g/mol.